The van der Waals surface area contributed by atoms with Crippen molar-refractivity contribution in [1.82, 2.24) is 5.32 Å². The van der Waals surface area contributed by atoms with E-state index in [0.29, 0.717) is 12.0 Å². The van der Waals surface area contributed by atoms with Gasteiger partial charge in [0.1, 0.15) is 0 Å². The van der Waals surface area contributed by atoms with E-state index in [1.807, 2.05) is 6.07 Å². The normalized spacial score (nSPS) is 29.7. The number of methoxy groups -OCH3 is 1. The van der Waals surface area contributed by atoms with Crippen LogP contribution in [0.4, 0.5) is 5.69 Å². The molecule has 1 aromatic carbocycles. The lowest BCUT2D eigenvalue weighted by Gasteiger charge is -2.43. The van der Waals surface area contributed by atoms with Crippen LogP contribution >= 0.6 is 0 Å². The molecule has 25 heavy (non-hydrogen) atoms. The Hall–Kier alpha value is -1.85. The molecule has 134 valence electrons. The summed E-state index contributed by atoms with van der Waals surface area (Å²) in [6.45, 7) is 1.18. The van der Waals surface area contributed by atoms with Gasteiger partial charge in [-0.25, -0.2) is 4.79 Å². The Morgan fingerprint density at radius 2 is 2.20 bits per heavy atom. The molecule has 5 nitrogen and oxygen atoms in total. The number of aliphatic hydroxyl groups is 1. The molecule has 1 saturated heterocycles. The Kier molecular flexibility index (Phi) is 4.29. The highest BCUT2D eigenvalue weighted by Crippen LogP contribution is 2.57. The number of esters is 1. The predicted molar refractivity (Wildman–Crippen MR) is 96.2 cm³/mol. The number of ether oxygens (including phenoxy) is 1. The minimum atomic E-state index is -0.216. The largest absolute Gasteiger partial charge is 0.466 e. The highest BCUT2D eigenvalue weighted by Gasteiger charge is 2.58. The first-order chi connectivity index (χ1) is 12.2. The number of unbranched alkanes of at least 4 members (excludes halogenated alkanes) is 1. The molecule has 3 aliphatic rings. The summed E-state index contributed by atoms with van der Waals surface area (Å²) in [5.41, 5.74) is 4.11. The lowest BCUT2D eigenvalue weighted by molar-refractivity contribution is -0.136. The average Bonchev–Trinajstić information content (AvgIpc) is 3.22. The van der Waals surface area contributed by atoms with Gasteiger partial charge in [0.05, 0.1) is 18.1 Å². The van der Waals surface area contributed by atoms with Crippen molar-refractivity contribution < 1.29 is 14.6 Å². The van der Waals surface area contributed by atoms with Crippen molar-refractivity contribution in [3.8, 4) is 0 Å². The molecule has 3 atom stereocenters. The van der Waals surface area contributed by atoms with Crippen LogP contribution in [-0.4, -0.2) is 37.4 Å². The van der Waals surface area contributed by atoms with E-state index in [1.165, 1.54) is 12.7 Å². The molecule has 0 saturated carbocycles. The molecule has 0 radical (unpaired) electrons. The quantitative estimate of drug-likeness (QED) is 0.566. The average molecular weight is 342 g/mol. The first kappa shape index (κ1) is 16.6. The van der Waals surface area contributed by atoms with Crippen LogP contribution < -0.4 is 10.6 Å². The molecular weight excluding hydrogens is 316 g/mol. The molecule has 1 aliphatic carbocycles. The Bertz CT molecular complexity index is 715. The number of nitrogens with one attached hydrogen (secondary N) is 2. The van der Waals surface area contributed by atoms with Gasteiger partial charge in [0.2, 0.25) is 0 Å². The van der Waals surface area contributed by atoms with E-state index in [-0.39, 0.29) is 18.0 Å². The lowest BCUT2D eigenvalue weighted by Crippen LogP contribution is -2.50. The van der Waals surface area contributed by atoms with Crippen LogP contribution in [-0.2, 0) is 14.9 Å². The summed E-state index contributed by atoms with van der Waals surface area (Å²) in [6, 6.07) is 8.74. The van der Waals surface area contributed by atoms with Gasteiger partial charge in [-0.1, -0.05) is 24.6 Å². The van der Waals surface area contributed by atoms with E-state index >= 15 is 0 Å². The van der Waals surface area contributed by atoms with Gasteiger partial charge in [0, 0.05) is 24.0 Å². The number of benzene rings is 1. The second-order valence-electron chi connectivity index (χ2n) is 7.35. The van der Waals surface area contributed by atoms with Gasteiger partial charge in [0.15, 0.2) is 0 Å². The number of aliphatic hydroxyl groups excluding tert-OH is 1. The van der Waals surface area contributed by atoms with E-state index in [9.17, 15) is 4.79 Å². The predicted octanol–water partition coefficient (Wildman–Crippen LogP) is 2.32. The van der Waals surface area contributed by atoms with Crippen LogP contribution in [0.15, 0.2) is 35.5 Å². The monoisotopic (exact) mass is 342 g/mol. The fourth-order valence-corrected chi connectivity index (χ4v) is 5.19. The maximum atomic E-state index is 12.5. The van der Waals surface area contributed by atoms with E-state index in [1.54, 1.807) is 0 Å². The summed E-state index contributed by atoms with van der Waals surface area (Å²) < 4.78 is 5.12. The maximum absolute atomic E-state index is 12.5. The molecule has 1 aromatic rings. The number of hydrogen-bond acceptors (Lipinski definition) is 5. The van der Waals surface area contributed by atoms with Gasteiger partial charge in [-0.2, -0.15) is 0 Å². The first-order valence-corrected chi connectivity index (χ1v) is 9.25. The Balaban J connectivity index is 1.81. The fraction of sp³-hybridized carbons (Fsp3) is 0.550. The van der Waals surface area contributed by atoms with Gasteiger partial charge in [0.25, 0.3) is 0 Å². The summed E-state index contributed by atoms with van der Waals surface area (Å²) in [4.78, 5) is 12.5. The molecule has 2 heterocycles. The van der Waals surface area contributed by atoms with Crippen molar-refractivity contribution in [2.24, 2.45) is 5.92 Å². The van der Waals surface area contributed by atoms with Crippen LogP contribution in [0.25, 0.3) is 0 Å². The van der Waals surface area contributed by atoms with E-state index in [4.69, 9.17) is 9.84 Å². The standard InChI is InChI=1S/C20H26N2O3/c1-25-19(24)14-12-13(6-4-5-11-23)17-20(9-10-21-17)15-7-2-3-8-16(15)22-18(14)20/h2-3,7-8,13,17,21-23H,4-6,9-12H2,1H3/t13-,17+,20-/m0/s1. The maximum Gasteiger partial charge on any atom is 0.335 e. The zero-order valence-corrected chi connectivity index (χ0v) is 14.7. The van der Waals surface area contributed by atoms with Crippen molar-refractivity contribution in [3.05, 3.63) is 41.1 Å². The number of anilines is 1. The Labute approximate surface area is 148 Å². The minimum Gasteiger partial charge on any atom is -0.466 e. The third-order valence-corrected chi connectivity index (χ3v) is 6.18. The van der Waals surface area contributed by atoms with Gasteiger partial charge >= 0.3 is 5.97 Å². The molecular formula is C20H26N2O3. The zero-order chi connectivity index (χ0) is 17.4. The number of rotatable bonds is 5. The third-order valence-electron chi connectivity index (χ3n) is 6.18. The topological polar surface area (TPSA) is 70.6 Å². The van der Waals surface area contributed by atoms with Crippen LogP contribution in [0.2, 0.25) is 0 Å². The third kappa shape index (κ3) is 2.41. The highest BCUT2D eigenvalue weighted by molar-refractivity contribution is 5.92. The zero-order valence-electron chi connectivity index (χ0n) is 14.7. The molecule has 3 N–H and O–H groups in total. The number of hydrogen-bond donors (Lipinski definition) is 3. The summed E-state index contributed by atoms with van der Waals surface area (Å²) in [7, 11) is 1.46. The molecule has 1 fully saturated rings. The number of fused-ring (bicyclic) bond motifs is 1. The Morgan fingerprint density at radius 1 is 1.36 bits per heavy atom. The summed E-state index contributed by atoms with van der Waals surface area (Å²) in [6.07, 6.45) is 4.53. The lowest BCUT2D eigenvalue weighted by atomic mass is 9.62. The molecule has 1 spiro atoms. The second-order valence-corrected chi connectivity index (χ2v) is 7.35. The van der Waals surface area contributed by atoms with E-state index < -0.39 is 0 Å². The van der Waals surface area contributed by atoms with Gasteiger partial charge < -0.3 is 20.5 Å². The molecule has 2 aliphatic heterocycles. The first-order valence-electron chi connectivity index (χ1n) is 9.25. The number of para-hydroxylation sites is 1. The minimum absolute atomic E-state index is 0.151. The van der Waals surface area contributed by atoms with Crippen LogP contribution in [0.1, 0.15) is 37.7 Å². The molecule has 5 heteroatoms. The summed E-state index contributed by atoms with van der Waals surface area (Å²) >= 11 is 0. The van der Waals surface area contributed by atoms with E-state index in [2.05, 4.69) is 28.8 Å². The Morgan fingerprint density at radius 3 is 3.00 bits per heavy atom. The van der Waals surface area contributed by atoms with E-state index in [0.717, 1.165) is 55.6 Å². The van der Waals surface area contributed by atoms with Crippen molar-refractivity contribution >= 4 is 11.7 Å². The van der Waals surface area contributed by atoms with Crippen molar-refractivity contribution in [3.63, 3.8) is 0 Å². The molecule has 0 bridgehead atoms. The second kappa shape index (κ2) is 6.46. The van der Waals surface area contributed by atoms with Crippen molar-refractivity contribution in [1.29, 1.82) is 0 Å². The molecule has 4 rings (SSSR count). The highest BCUT2D eigenvalue weighted by atomic mass is 16.5. The van der Waals surface area contributed by atoms with Crippen LogP contribution in [0.5, 0.6) is 0 Å². The smallest absolute Gasteiger partial charge is 0.335 e. The van der Waals surface area contributed by atoms with Gasteiger partial charge in [-0.05, 0) is 49.8 Å². The fourth-order valence-electron chi connectivity index (χ4n) is 5.19. The molecule has 0 amide bonds. The number of carbonyl (C=O) groups excluding carboxylic acids is 1. The number of carbonyl (C=O) groups is 1. The van der Waals surface area contributed by atoms with Crippen LogP contribution in [0.3, 0.4) is 0 Å². The van der Waals surface area contributed by atoms with Crippen molar-refractivity contribution in [2.75, 3.05) is 25.6 Å². The molecule has 0 unspecified atom stereocenters. The summed E-state index contributed by atoms with van der Waals surface area (Å²) in [5, 5.41) is 16.4. The van der Waals surface area contributed by atoms with Gasteiger partial charge in [-0.3, -0.25) is 0 Å². The van der Waals surface area contributed by atoms with Crippen LogP contribution in [0, 0.1) is 5.92 Å². The van der Waals surface area contributed by atoms with Crippen molar-refractivity contribution in [2.45, 2.75) is 43.6 Å². The van der Waals surface area contributed by atoms with Gasteiger partial charge in [-0.15, -0.1) is 0 Å². The summed E-state index contributed by atoms with van der Waals surface area (Å²) in [5.74, 6) is 0.159. The SMILES string of the molecule is COC(=O)C1=C2Nc3ccccc3[C@]23CCN[C@@H]3[C@@H](CCCCO)C1. The molecule has 0 aromatic heterocycles.